The Bertz CT molecular complexity index is 466. The van der Waals surface area contributed by atoms with Crippen LogP contribution in [0, 0.1) is 12.8 Å². The standard InChI is InChI=1S/C17H26N2O2/c1-13-4-3-5-15(19-13)16(18-2)14-6-9-21-17(12-14)7-10-20-11-8-17/h3-5,14,16,18H,6-12H2,1-2H3. The van der Waals surface area contributed by atoms with Gasteiger partial charge < -0.3 is 14.8 Å². The van der Waals surface area contributed by atoms with Crippen molar-refractivity contribution in [2.75, 3.05) is 26.9 Å². The second kappa shape index (κ2) is 6.42. The van der Waals surface area contributed by atoms with E-state index in [0.29, 0.717) is 12.0 Å². The highest BCUT2D eigenvalue weighted by Crippen LogP contribution is 2.41. The van der Waals surface area contributed by atoms with Crippen LogP contribution < -0.4 is 5.32 Å². The minimum atomic E-state index is 0.0418. The zero-order chi connectivity index (χ0) is 14.7. The van der Waals surface area contributed by atoms with Crippen LogP contribution in [0.2, 0.25) is 0 Å². The number of aromatic nitrogens is 1. The fourth-order valence-corrected chi connectivity index (χ4v) is 3.80. The van der Waals surface area contributed by atoms with E-state index in [-0.39, 0.29) is 5.60 Å². The topological polar surface area (TPSA) is 43.4 Å². The Balaban J connectivity index is 1.77. The summed E-state index contributed by atoms with van der Waals surface area (Å²) in [5, 5.41) is 3.49. The third-order valence-electron chi connectivity index (χ3n) is 4.95. The third kappa shape index (κ3) is 3.28. The molecule has 1 aromatic rings. The molecule has 2 aliphatic rings. The van der Waals surface area contributed by atoms with Crippen molar-refractivity contribution < 1.29 is 9.47 Å². The Hall–Kier alpha value is -0.970. The number of hydrogen-bond donors (Lipinski definition) is 1. The highest BCUT2D eigenvalue weighted by molar-refractivity contribution is 5.15. The third-order valence-corrected chi connectivity index (χ3v) is 4.95. The van der Waals surface area contributed by atoms with Gasteiger partial charge in [0.15, 0.2) is 0 Å². The molecule has 3 rings (SSSR count). The summed E-state index contributed by atoms with van der Waals surface area (Å²) in [5.74, 6) is 0.580. The first kappa shape index (κ1) is 14.9. The Kier molecular flexibility index (Phi) is 4.57. The minimum Gasteiger partial charge on any atom is -0.381 e. The highest BCUT2D eigenvalue weighted by atomic mass is 16.5. The Morgan fingerprint density at radius 1 is 1.29 bits per heavy atom. The quantitative estimate of drug-likeness (QED) is 0.929. The number of nitrogens with one attached hydrogen (secondary N) is 1. The van der Waals surface area contributed by atoms with Gasteiger partial charge in [0.1, 0.15) is 0 Å². The minimum absolute atomic E-state index is 0.0418. The number of aryl methyl sites for hydroxylation is 1. The van der Waals surface area contributed by atoms with Crippen LogP contribution in [0.25, 0.3) is 0 Å². The second-order valence-corrected chi connectivity index (χ2v) is 6.37. The molecule has 2 saturated heterocycles. The molecule has 0 aliphatic carbocycles. The summed E-state index contributed by atoms with van der Waals surface area (Å²) in [6, 6.07) is 6.61. The lowest BCUT2D eigenvalue weighted by Crippen LogP contribution is -2.46. The molecular formula is C17H26N2O2. The van der Waals surface area contributed by atoms with Gasteiger partial charge in [-0.1, -0.05) is 6.07 Å². The van der Waals surface area contributed by atoms with Crippen LogP contribution in [0.1, 0.15) is 43.1 Å². The molecule has 4 nitrogen and oxygen atoms in total. The summed E-state index contributed by atoms with van der Waals surface area (Å²) >= 11 is 0. The molecule has 0 aromatic carbocycles. The first-order chi connectivity index (χ1) is 10.2. The number of rotatable bonds is 3. The van der Waals surface area contributed by atoms with E-state index in [1.54, 1.807) is 0 Å². The Labute approximate surface area is 127 Å². The van der Waals surface area contributed by atoms with Crippen molar-refractivity contribution in [1.29, 1.82) is 0 Å². The normalized spacial score (nSPS) is 26.7. The highest BCUT2D eigenvalue weighted by Gasteiger charge is 2.41. The van der Waals surface area contributed by atoms with Crippen molar-refractivity contribution in [3.05, 3.63) is 29.6 Å². The SMILES string of the molecule is CNC(c1cccc(C)n1)C1CCOC2(CCOCC2)C1. The summed E-state index contributed by atoms with van der Waals surface area (Å²) in [4.78, 5) is 4.73. The van der Waals surface area contributed by atoms with Crippen molar-refractivity contribution in [3.63, 3.8) is 0 Å². The molecule has 0 bridgehead atoms. The van der Waals surface area contributed by atoms with Gasteiger partial charge in [-0.25, -0.2) is 0 Å². The van der Waals surface area contributed by atoms with Crippen LogP contribution in [-0.2, 0) is 9.47 Å². The van der Waals surface area contributed by atoms with Gasteiger partial charge in [0.05, 0.1) is 17.3 Å². The lowest BCUT2D eigenvalue weighted by atomic mass is 9.77. The van der Waals surface area contributed by atoms with Crippen LogP contribution in [-0.4, -0.2) is 37.5 Å². The lowest BCUT2D eigenvalue weighted by Gasteiger charge is -2.45. The number of pyridine rings is 1. The molecule has 2 fully saturated rings. The van der Waals surface area contributed by atoms with Gasteiger partial charge in [0, 0.05) is 25.5 Å². The van der Waals surface area contributed by atoms with Gasteiger partial charge in [-0.05, 0) is 57.7 Å². The van der Waals surface area contributed by atoms with E-state index in [9.17, 15) is 0 Å². The second-order valence-electron chi connectivity index (χ2n) is 6.37. The average Bonchev–Trinajstić information content (AvgIpc) is 2.49. The number of nitrogens with zero attached hydrogens (tertiary/aromatic N) is 1. The maximum atomic E-state index is 6.16. The van der Waals surface area contributed by atoms with Crippen LogP contribution >= 0.6 is 0 Å². The van der Waals surface area contributed by atoms with Crippen molar-refractivity contribution in [1.82, 2.24) is 10.3 Å². The van der Waals surface area contributed by atoms with Gasteiger partial charge in [0.25, 0.3) is 0 Å². The van der Waals surface area contributed by atoms with Crippen molar-refractivity contribution >= 4 is 0 Å². The molecule has 0 radical (unpaired) electrons. The predicted molar refractivity (Wildman–Crippen MR) is 82.2 cm³/mol. The molecule has 2 unspecified atom stereocenters. The first-order valence-corrected chi connectivity index (χ1v) is 8.05. The maximum Gasteiger partial charge on any atom is 0.0729 e. The number of ether oxygens (including phenoxy) is 2. The summed E-state index contributed by atoms with van der Waals surface area (Å²) in [6.07, 6.45) is 4.27. The summed E-state index contributed by atoms with van der Waals surface area (Å²) in [6.45, 7) is 4.58. The van der Waals surface area contributed by atoms with Gasteiger partial charge >= 0.3 is 0 Å². The van der Waals surface area contributed by atoms with Gasteiger partial charge in [0.2, 0.25) is 0 Å². The van der Waals surface area contributed by atoms with Crippen LogP contribution in [0.4, 0.5) is 0 Å². The Morgan fingerprint density at radius 3 is 2.81 bits per heavy atom. The predicted octanol–water partition coefficient (Wildman–Crippen LogP) is 2.63. The fourth-order valence-electron chi connectivity index (χ4n) is 3.80. The molecule has 3 heterocycles. The summed E-state index contributed by atoms with van der Waals surface area (Å²) in [7, 11) is 2.04. The van der Waals surface area contributed by atoms with E-state index in [1.807, 2.05) is 7.05 Å². The molecule has 1 spiro atoms. The van der Waals surface area contributed by atoms with Gasteiger partial charge in [-0.2, -0.15) is 0 Å². The lowest BCUT2D eigenvalue weighted by molar-refractivity contribution is -0.150. The molecule has 2 aliphatic heterocycles. The van der Waals surface area contributed by atoms with Gasteiger partial charge in [-0.15, -0.1) is 0 Å². The largest absolute Gasteiger partial charge is 0.381 e. The van der Waals surface area contributed by atoms with E-state index in [0.717, 1.165) is 56.9 Å². The fraction of sp³-hybridized carbons (Fsp3) is 0.706. The van der Waals surface area contributed by atoms with E-state index >= 15 is 0 Å². The molecule has 21 heavy (non-hydrogen) atoms. The first-order valence-electron chi connectivity index (χ1n) is 8.05. The average molecular weight is 290 g/mol. The van der Waals surface area contributed by atoms with Crippen LogP contribution in [0.3, 0.4) is 0 Å². The number of hydrogen-bond acceptors (Lipinski definition) is 4. The molecular weight excluding hydrogens is 264 g/mol. The van der Waals surface area contributed by atoms with E-state index in [1.165, 1.54) is 0 Å². The monoisotopic (exact) mass is 290 g/mol. The van der Waals surface area contributed by atoms with Crippen molar-refractivity contribution in [3.8, 4) is 0 Å². The summed E-state index contributed by atoms with van der Waals surface area (Å²) < 4.78 is 11.7. The van der Waals surface area contributed by atoms with Crippen molar-refractivity contribution in [2.24, 2.45) is 5.92 Å². The smallest absolute Gasteiger partial charge is 0.0729 e. The molecule has 0 saturated carbocycles. The van der Waals surface area contributed by atoms with E-state index in [4.69, 9.17) is 14.5 Å². The summed E-state index contributed by atoms with van der Waals surface area (Å²) in [5.41, 5.74) is 2.28. The Morgan fingerprint density at radius 2 is 2.10 bits per heavy atom. The van der Waals surface area contributed by atoms with E-state index in [2.05, 4.69) is 30.4 Å². The zero-order valence-electron chi connectivity index (χ0n) is 13.1. The molecule has 0 amide bonds. The molecule has 2 atom stereocenters. The molecule has 1 N–H and O–H groups in total. The zero-order valence-corrected chi connectivity index (χ0v) is 13.1. The van der Waals surface area contributed by atoms with Crippen LogP contribution in [0.5, 0.6) is 0 Å². The van der Waals surface area contributed by atoms with E-state index < -0.39 is 0 Å². The van der Waals surface area contributed by atoms with Crippen molar-refractivity contribution in [2.45, 2.75) is 44.2 Å². The van der Waals surface area contributed by atoms with Crippen LogP contribution in [0.15, 0.2) is 18.2 Å². The maximum absolute atomic E-state index is 6.16. The van der Waals surface area contributed by atoms with Gasteiger partial charge in [-0.3, -0.25) is 4.98 Å². The molecule has 1 aromatic heterocycles. The molecule has 4 heteroatoms. The molecule has 116 valence electrons.